The van der Waals surface area contributed by atoms with Crippen LogP contribution in [0.15, 0.2) is 34.8 Å². The molecule has 3 rings (SSSR count). The van der Waals surface area contributed by atoms with Gasteiger partial charge in [-0.1, -0.05) is 29.8 Å². The Bertz CT molecular complexity index is 687. The predicted octanol–water partition coefficient (Wildman–Crippen LogP) is 4.22. The normalized spacial score (nSPS) is 14.9. The van der Waals surface area contributed by atoms with Crippen molar-refractivity contribution >= 4 is 27.5 Å². The molecule has 0 fully saturated rings. The van der Waals surface area contributed by atoms with Crippen molar-refractivity contribution in [2.45, 2.75) is 19.3 Å². The van der Waals surface area contributed by atoms with Crippen LogP contribution in [0.25, 0.3) is 0 Å². The highest BCUT2D eigenvalue weighted by molar-refractivity contribution is 9.10. The molecule has 1 aliphatic heterocycles. The second-order valence-corrected chi connectivity index (χ2v) is 6.22. The Labute approximate surface area is 136 Å². The number of hydrogen-bond donors (Lipinski definition) is 1. The lowest BCUT2D eigenvalue weighted by Gasteiger charge is -2.17. The van der Waals surface area contributed by atoms with E-state index in [1.807, 2.05) is 18.2 Å². The van der Waals surface area contributed by atoms with E-state index < -0.39 is 6.10 Å². The molecule has 21 heavy (non-hydrogen) atoms. The molecule has 2 aromatic rings. The number of halogens is 2. The molecule has 0 saturated heterocycles. The van der Waals surface area contributed by atoms with Crippen molar-refractivity contribution in [2.75, 3.05) is 7.11 Å². The number of rotatable bonds is 3. The SMILES string of the molecule is COc1c(Br)cc(Cl)cc1C(O)c1ccc2c(c1)COC2. The summed E-state index contributed by atoms with van der Waals surface area (Å²) in [5.74, 6) is 0.587. The van der Waals surface area contributed by atoms with E-state index in [0.717, 1.165) is 15.6 Å². The lowest BCUT2D eigenvalue weighted by molar-refractivity contribution is 0.134. The summed E-state index contributed by atoms with van der Waals surface area (Å²) in [6, 6.07) is 9.34. The summed E-state index contributed by atoms with van der Waals surface area (Å²) in [5, 5.41) is 11.2. The molecule has 0 saturated carbocycles. The van der Waals surface area contributed by atoms with Crippen molar-refractivity contribution in [3.8, 4) is 5.75 Å². The van der Waals surface area contributed by atoms with E-state index in [1.54, 1.807) is 19.2 Å². The van der Waals surface area contributed by atoms with E-state index in [4.69, 9.17) is 21.1 Å². The number of aliphatic hydroxyl groups excluding tert-OH is 1. The molecular weight excluding hydrogens is 356 g/mol. The molecule has 0 aliphatic carbocycles. The summed E-state index contributed by atoms with van der Waals surface area (Å²) in [6.45, 7) is 1.23. The molecule has 3 nitrogen and oxygen atoms in total. The van der Waals surface area contributed by atoms with Gasteiger partial charge >= 0.3 is 0 Å². The summed E-state index contributed by atoms with van der Waals surface area (Å²) in [6.07, 6.45) is -0.805. The smallest absolute Gasteiger partial charge is 0.139 e. The Morgan fingerprint density at radius 1 is 1.24 bits per heavy atom. The first kappa shape index (κ1) is 14.9. The molecule has 1 aliphatic rings. The van der Waals surface area contributed by atoms with E-state index >= 15 is 0 Å². The van der Waals surface area contributed by atoms with E-state index in [-0.39, 0.29) is 0 Å². The zero-order valence-electron chi connectivity index (χ0n) is 11.4. The molecule has 1 N–H and O–H groups in total. The van der Waals surface area contributed by atoms with Gasteiger partial charge in [-0.15, -0.1) is 0 Å². The summed E-state index contributed by atoms with van der Waals surface area (Å²) >= 11 is 9.50. The lowest BCUT2D eigenvalue weighted by atomic mass is 9.97. The van der Waals surface area contributed by atoms with E-state index in [9.17, 15) is 5.11 Å². The fourth-order valence-electron chi connectivity index (χ4n) is 2.54. The molecule has 5 heteroatoms. The van der Waals surface area contributed by atoms with Crippen LogP contribution in [0.1, 0.15) is 28.4 Å². The van der Waals surface area contributed by atoms with Gasteiger partial charge in [-0.25, -0.2) is 0 Å². The maximum absolute atomic E-state index is 10.7. The van der Waals surface area contributed by atoms with Crippen LogP contribution in [-0.4, -0.2) is 12.2 Å². The van der Waals surface area contributed by atoms with Crippen LogP contribution in [0, 0.1) is 0 Å². The van der Waals surface area contributed by atoms with Gasteiger partial charge in [-0.3, -0.25) is 0 Å². The third-order valence-electron chi connectivity index (χ3n) is 3.60. The van der Waals surface area contributed by atoms with Gasteiger partial charge in [0.1, 0.15) is 11.9 Å². The molecule has 0 aromatic heterocycles. The summed E-state index contributed by atoms with van der Waals surface area (Å²) in [7, 11) is 1.57. The number of benzene rings is 2. The summed E-state index contributed by atoms with van der Waals surface area (Å²) in [5.41, 5.74) is 3.72. The predicted molar refractivity (Wildman–Crippen MR) is 84.7 cm³/mol. The minimum atomic E-state index is -0.805. The Morgan fingerprint density at radius 3 is 2.76 bits per heavy atom. The zero-order chi connectivity index (χ0) is 15.0. The van der Waals surface area contributed by atoms with Crippen molar-refractivity contribution in [3.05, 3.63) is 62.1 Å². The lowest BCUT2D eigenvalue weighted by Crippen LogP contribution is -2.04. The quantitative estimate of drug-likeness (QED) is 0.880. The second-order valence-electron chi connectivity index (χ2n) is 4.93. The van der Waals surface area contributed by atoms with Crippen LogP contribution >= 0.6 is 27.5 Å². The first-order chi connectivity index (χ1) is 10.1. The van der Waals surface area contributed by atoms with E-state index in [2.05, 4.69) is 15.9 Å². The van der Waals surface area contributed by atoms with E-state index in [1.165, 1.54) is 5.56 Å². The van der Waals surface area contributed by atoms with Crippen LogP contribution in [0.4, 0.5) is 0 Å². The van der Waals surface area contributed by atoms with Gasteiger partial charge in [-0.2, -0.15) is 0 Å². The van der Waals surface area contributed by atoms with Crippen LogP contribution < -0.4 is 4.74 Å². The Kier molecular flexibility index (Phi) is 4.22. The van der Waals surface area contributed by atoms with Crippen LogP contribution in [0.2, 0.25) is 5.02 Å². The van der Waals surface area contributed by atoms with Gasteiger partial charge in [0.05, 0.1) is 24.8 Å². The average Bonchev–Trinajstić information content (AvgIpc) is 2.93. The molecule has 1 unspecified atom stereocenters. The molecule has 1 heterocycles. The van der Waals surface area contributed by atoms with E-state index in [0.29, 0.717) is 29.5 Å². The molecule has 110 valence electrons. The first-order valence-corrected chi connectivity index (χ1v) is 7.67. The first-order valence-electron chi connectivity index (χ1n) is 6.50. The van der Waals surface area contributed by atoms with Crippen molar-refractivity contribution in [2.24, 2.45) is 0 Å². The van der Waals surface area contributed by atoms with Crippen molar-refractivity contribution < 1.29 is 14.6 Å². The maximum Gasteiger partial charge on any atom is 0.139 e. The van der Waals surface area contributed by atoms with Crippen molar-refractivity contribution in [3.63, 3.8) is 0 Å². The topological polar surface area (TPSA) is 38.7 Å². The average molecular weight is 370 g/mol. The fraction of sp³-hybridized carbons (Fsp3) is 0.250. The summed E-state index contributed by atoms with van der Waals surface area (Å²) in [4.78, 5) is 0. The molecular formula is C16H14BrClO3. The maximum atomic E-state index is 10.7. The zero-order valence-corrected chi connectivity index (χ0v) is 13.7. The van der Waals surface area contributed by atoms with Crippen LogP contribution in [0.3, 0.4) is 0 Å². The highest BCUT2D eigenvalue weighted by Crippen LogP contribution is 2.38. The number of methoxy groups -OCH3 is 1. The molecule has 0 amide bonds. The molecule has 0 bridgehead atoms. The van der Waals surface area contributed by atoms with Gasteiger partial charge in [0.15, 0.2) is 0 Å². The van der Waals surface area contributed by atoms with Gasteiger partial charge in [0.2, 0.25) is 0 Å². The van der Waals surface area contributed by atoms with Crippen LogP contribution in [0.5, 0.6) is 5.75 Å². The number of aliphatic hydroxyl groups is 1. The summed E-state index contributed by atoms with van der Waals surface area (Å²) < 4.78 is 11.5. The van der Waals surface area contributed by atoms with Crippen LogP contribution in [-0.2, 0) is 18.0 Å². The molecule has 0 spiro atoms. The third-order valence-corrected chi connectivity index (χ3v) is 4.40. The third kappa shape index (κ3) is 2.81. The minimum Gasteiger partial charge on any atom is -0.495 e. The largest absolute Gasteiger partial charge is 0.495 e. The van der Waals surface area contributed by atoms with Crippen molar-refractivity contribution in [1.29, 1.82) is 0 Å². The Balaban J connectivity index is 2.04. The van der Waals surface area contributed by atoms with Gasteiger partial charge in [0, 0.05) is 10.6 Å². The molecule has 0 radical (unpaired) electrons. The monoisotopic (exact) mass is 368 g/mol. The second kappa shape index (κ2) is 5.97. The van der Waals surface area contributed by atoms with Gasteiger partial charge in [0.25, 0.3) is 0 Å². The van der Waals surface area contributed by atoms with Crippen molar-refractivity contribution in [1.82, 2.24) is 0 Å². The fourth-order valence-corrected chi connectivity index (χ4v) is 3.54. The Hall–Kier alpha value is -1.07. The number of ether oxygens (including phenoxy) is 2. The van der Waals surface area contributed by atoms with Gasteiger partial charge < -0.3 is 14.6 Å². The minimum absolute atomic E-state index is 0.543. The highest BCUT2D eigenvalue weighted by atomic mass is 79.9. The molecule has 2 aromatic carbocycles. The number of fused-ring (bicyclic) bond motifs is 1. The number of hydrogen-bond acceptors (Lipinski definition) is 3. The standard InChI is InChI=1S/C16H14BrClO3/c1-20-16-13(5-12(18)6-14(16)17)15(19)9-2-3-10-7-21-8-11(10)4-9/h2-6,15,19H,7-8H2,1H3. The highest BCUT2D eigenvalue weighted by Gasteiger charge is 2.21. The Morgan fingerprint density at radius 2 is 2.00 bits per heavy atom. The van der Waals surface area contributed by atoms with Gasteiger partial charge in [-0.05, 0) is 44.8 Å². The molecule has 1 atom stereocenters.